The highest BCUT2D eigenvalue weighted by Gasteiger charge is 2.44. The van der Waals surface area contributed by atoms with Crippen LogP contribution in [0.25, 0.3) is 0 Å². The third-order valence-electron chi connectivity index (χ3n) is 5.98. The summed E-state index contributed by atoms with van der Waals surface area (Å²) in [6.45, 7) is 7.37. The summed E-state index contributed by atoms with van der Waals surface area (Å²) in [6, 6.07) is 21.3. The SMILES string of the molecule is CCCC#CCC(CC)O[Si](OCCCCCCCCC)(c1ccccc1)c1ccccc1. The molecular formula is C30H44O2Si. The molecule has 2 nitrogen and oxygen atoms in total. The monoisotopic (exact) mass is 464 g/mol. The van der Waals surface area contributed by atoms with E-state index in [-0.39, 0.29) is 6.10 Å². The highest BCUT2D eigenvalue weighted by atomic mass is 28.4. The Kier molecular flexibility index (Phi) is 13.9. The average Bonchev–Trinajstić information content (AvgIpc) is 2.87. The first-order chi connectivity index (χ1) is 16.3. The minimum Gasteiger partial charge on any atom is -0.388 e. The molecule has 0 bridgehead atoms. The quantitative estimate of drug-likeness (QED) is 0.151. The fourth-order valence-corrected chi connectivity index (χ4v) is 7.42. The summed E-state index contributed by atoms with van der Waals surface area (Å²) in [5.74, 6) is 6.65. The Bertz CT molecular complexity index is 755. The van der Waals surface area contributed by atoms with E-state index in [9.17, 15) is 0 Å². The molecule has 33 heavy (non-hydrogen) atoms. The van der Waals surface area contributed by atoms with Gasteiger partial charge < -0.3 is 8.85 Å². The van der Waals surface area contributed by atoms with Crippen LogP contribution in [0.3, 0.4) is 0 Å². The molecule has 0 saturated heterocycles. The lowest BCUT2D eigenvalue weighted by atomic mass is 10.1. The molecule has 180 valence electrons. The molecule has 1 atom stereocenters. The lowest BCUT2D eigenvalue weighted by molar-refractivity contribution is 0.129. The van der Waals surface area contributed by atoms with Gasteiger partial charge in [0.05, 0.1) is 6.10 Å². The predicted octanol–water partition coefficient (Wildman–Crippen LogP) is 7.00. The number of benzene rings is 2. The van der Waals surface area contributed by atoms with Gasteiger partial charge in [0.2, 0.25) is 0 Å². The molecule has 0 heterocycles. The Morgan fingerprint density at radius 2 is 1.27 bits per heavy atom. The third-order valence-corrected chi connectivity index (χ3v) is 9.44. The molecule has 2 rings (SSSR count). The normalized spacial score (nSPS) is 12.2. The van der Waals surface area contributed by atoms with Crippen molar-refractivity contribution in [2.75, 3.05) is 6.61 Å². The van der Waals surface area contributed by atoms with Crippen molar-refractivity contribution in [3.63, 3.8) is 0 Å². The topological polar surface area (TPSA) is 18.5 Å². The van der Waals surface area contributed by atoms with E-state index in [0.717, 1.165) is 38.7 Å². The Labute approximate surface area is 204 Å². The molecule has 2 aromatic rings. The highest BCUT2D eigenvalue weighted by Crippen LogP contribution is 2.18. The molecule has 0 aliphatic heterocycles. The van der Waals surface area contributed by atoms with Crippen LogP contribution in [0.4, 0.5) is 0 Å². The van der Waals surface area contributed by atoms with Gasteiger partial charge in [-0.1, -0.05) is 120 Å². The first-order valence-corrected chi connectivity index (χ1v) is 15.0. The minimum absolute atomic E-state index is 0.0653. The van der Waals surface area contributed by atoms with Crippen LogP contribution in [-0.4, -0.2) is 21.3 Å². The smallest absolute Gasteiger partial charge is 0.388 e. The second kappa shape index (κ2) is 16.7. The maximum Gasteiger partial charge on any atom is 0.407 e. The third kappa shape index (κ3) is 9.49. The molecule has 0 saturated carbocycles. The van der Waals surface area contributed by atoms with Gasteiger partial charge in [-0.3, -0.25) is 0 Å². The molecule has 0 spiro atoms. The highest BCUT2D eigenvalue weighted by molar-refractivity contribution is 6.92. The van der Waals surface area contributed by atoms with Crippen LogP contribution in [0.15, 0.2) is 60.7 Å². The van der Waals surface area contributed by atoms with Crippen molar-refractivity contribution in [3.05, 3.63) is 60.7 Å². The standard InChI is InChI=1S/C30H44O2Si/c1-4-7-9-11-12-13-21-27-31-33(29-23-17-14-18-24-29,30-25-19-15-20-26-30)32-28(6-3)22-16-10-8-5-2/h14-15,17-20,23-26,28H,4-9,11-13,21-22,27H2,1-3H3. The number of hydrogen-bond acceptors (Lipinski definition) is 2. The minimum atomic E-state index is -2.85. The molecule has 0 N–H and O–H groups in total. The molecule has 0 amide bonds. The van der Waals surface area contributed by atoms with Crippen LogP contribution < -0.4 is 10.4 Å². The van der Waals surface area contributed by atoms with Crippen molar-refractivity contribution in [1.82, 2.24) is 0 Å². The van der Waals surface area contributed by atoms with E-state index >= 15 is 0 Å². The first-order valence-electron chi connectivity index (χ1n) is 13.1. The summed E-state index contributed by atoms with van der Waals surface area (Å²) >= 11 is 0. The summed E-state index contributed by atoms with van der Waals surface area (Å²) in [6.07, 6.45) is 12.7. The Balaban J connectivity index is 2.22. The van der Waals surface area contributed by atoms with E-state index in [2.05, 4.69) is 93.3 Å². The second-order valence-corrected chi connectivity index (χ2v) is 11.7. The van der Waals surface area contributed by atoms with Crippen molar-refractivity contribution in [2.45, 2.75) is 97.5 Å². The van der Waals surface area contributed by atoms with E-state index in [1.807, 2.05) is 0 Å². The van der Waals surface area contributed by atoms with Crippen LogP contribution in [0.1, 0.15) is 91.4 Å². The van der Waals surface area contributed by atoms with Gasteiger partial charge in [-0.25, -0.2) is 0 Å². The van der Waals surface area contributed by atoms with Crippen LogP contribution in [0, 0.1) is 11.8 Å². The van der Waals surface area contributed by atoms with E-state index in [1.165, 1.54) is 48.9 Å². The molecule has 2 aromatic carbocycles. The molecule has 0 aliphatic carbocycles. The van der Waals surface area contributed by atoms with Gasteiger partial charge in [-0.2, -0.15) is 0 Å². The first kappa shape index (κ1) is 27.4. The molecule has 0 aromatic heterocycles. The van der Waals surface area contributed by atoms with Gasteiger partial charge >= 0.3 is 8.56 Å². The van der Waals surface area contributed by atoms with E-state index in [1.54, 1.807) is 0 Å². The van der Waals surface area contributed by atoms with Crippen molar-refractivity contribution in [2.24, 2.45) is 0 Å². The summed E-state index contributed by atoms with van der Waals surface area (Å²) in [7, 11) is -2.85. The fraction of sp³-hybridized carbons (Fsp3) is 0.533. The lowest BCUT2D eigenvalue weighted by Gasteiger charge is -2.34. The van der Waals surface area contributed by atoms with Crippen LogP contribution in [-0.2, 0) is 8.85 Å². The van der Waals surface area contributed by atoms with Crippen molar-refractivity contribution in [1.29, 1.82) is 0 Å². The maximum atomic E-state index is 7.01. The van der Waals surface area contributed by atoms with Gasteiger partial charge in [0.1, 0.15) is 0 Å². The summed E-state index contributed by atoms with van der Waals surface area (Å²) in [4.78, 5) is 0. The Morgan fingerprint density at radius 3 is 1.82 bits per heavy atom. The van der Waals surface area contributed by atoms with Crippen molar-refractivity contribution in [3.8, 4) is 11.8 Å². The van der Waals surface area contributed by atoms with Crippen LogP contribution >= 0.6 is 0 Å². The average molecular weight is 465 g/mol. The zero-order valence-corrected chi connectivity index (χ0v) is 22.2. The summed E-state index contributed by atoms with van der Waals surface area (Å²) in [5, 5.41) is 2.36. The second-order valence-electron chi connectivity index (χ2n) is 8.77. The molecular weight excluding hydrogens is 420 g/mol. The largest absolute Gasteiger partial charge is 0.407 e. The predicted molar refractivity (Wildman–Crippen MR) is 144 cm³/mol. The molecule has 0 radical (unpaired) electrons. The zero-order chi connectivity index (χ0) is 23.6. The Morgan fingerprint density at radius 1 is 0.697 bits per heavy atom. The number of unbranched alkanes of at least 4 members (excludes halogenated alkanes) is 7. The van der Waals surface area contributed by atoms with Gasteiger partial charge in [0.25, 0.3) is 0 Å². The van der Waals surface area contributed by atoms with Crippen molar-refractivity contribution < 1.29 is 8.85 Å². The van der Waals surface area contributed by atoms with Gasteiger partial charge in [0, 0.05) is 19.4 Å². The maximum absolute atomic E-state index is 7.01. The van der Waals surface area contributed by atoms with E-state index in [0.29, 0.717) is 0 Å². The van der Waals surface area contributed by atoms with Gasteiger partial charge in [-0.05, 0) is 29.6 Å². The lowest BCUT2D eigenvalue weighted by Crippen LogP contribution is -2.64. The van der Waals surface area contributed by atoms with Gasteiger partial charge in [0.15, 0.2) is 0 Å². The summed E-state index contributed by atoms with van der Waals surface area (Å²) in [5.41, 5.74) is 0. The van der Waals surface area contributed by atoms with E-state index < -0.39 is 8.56 Å². The van der Waals surface area contributed by atoms with E-state index in [4.69, 9.17) is 8.85 Å². The summed E-state index contributed by atoms with van der Waals surface area (Å²) < 4.78 is 13.9. The zero-order valence-electron chi connectivity index (χ0n) is 21.2. The fourth-order valence-electron chi connectivity index (χ4n) is 4.00. The number of rotatable bonds is 16. The molecule has 1 unspecified atom stereocenters. The van der Waals surface area contributed by atoms with Crippen molar-refractivity contribution >= 4 is 18.9 Å². The molecule has 0 aliphatic rings. The van der Waals surface area contributed by atoms with Crippen LogP contribution in [0.5, 0.6) is 0 Å². The van der Waals surface area contributed by atoms with Gasteiger partial charge in [-0.15, -0.1) is 11.8 Å². The Hall–Kier alpha value is -1.86. The number of hydrogen-bond donors (Lipinski definition) is 0. The molecule has 0 fully saturated rings. The van der Waals surface area contributed by atoms with Crippen LogP contribution in [0.2, 0.25) is 0 Å². The molecule has 3 heteroatoms.